The van der Waals surface area contributed by atoms with Crippen LogP contribution < -0.4 is 5.32 Å². The molecule has 0 radical (unpaired) electrons. The number of rotatable bonds is 3. The Bertz CT molecular complexity index is 285. The van der Waals surface area contributed by atoms with E-state index in [0.717, 1.165) is 0 Å². The third-order valence-corrected chi connectivity index (χ3v) is 1.55. The number of nitrogens with zero attached hydrogens (tertiary/aromatic N) is 2. The maximum Gasteiger partial charge on any atom is 0.390 e. The molecule has 1 N–H and O–H groups in total. The summed E-state index contributed by atoms with van der Waals surface area (Å²) in [6, 6.07) is 2.91. The highest BCUT2D eigenvalue weighted by molar-refractivity contribution is 6.29. The van der Waals surface area contributed by atoms with Crippen LogP contribution in [-0.4, -0.2) is 22.9 Å². The summed E-state index contributed by atoms with van der Waals surface area (Å²) in [6.07, 6.45) is -5.07. The highest BCUT2D eigenvalue weighted by atomic mass is 35.5. The summed E-state index contributed by atoms with van der Waals surface area (Å²) in [5.74, 6) is 0.277. The number of hydrogen-bond acceptors (Lipinski definition) is 3. The normalized spacial score (nSPS) is 11.4. The van der Waals surface area contributed by atoms with Crippen molar-refractivity contribution in [3.05, 3.63) is 17.3 Å². The Balaban J connectivity index is 2.35. The molecule has 0 atom stereocenters. The van der Waals surface area contributed by atoms with Gasteiger partial charge in [-0.2, -0.15) is 13.2 Å². The first-order valence-corrected chi connectivity index (χ1v) is 4.15. The average Bonchev–Trinajstić information content (AvgIpc) is 2.06. The third kappa shape index (κ3) is 4.27. The standard InChI is InChI=1S/C7H7ClF3N3/c8-5-1-2-6(14-13-5)12-4-3-7(9,10)11/h1-2H,3-4H2,(H,12,14). The molecule has 0 amide bonds. The summed E-state index contributed by atoms with van der Waals surface area (Å²) in [5, 5.41) is 9.68. The predicted molar refractivity (Wildman–Crippen MR) is 46.2 cm³/mol. The minimum absolute atomic E-state index is 0.200. The Morgan fingerprint density at radius 3 is 2.50 bits per heavy atom. The zero-order valence-corrected chi connectivity index (χ0v) is 7.73. The van der Waals surface area contributed by atoms with Gasteiger partial charge >= 0.3 is 6.18 Å². The Morgan fingerprint density at radius 2 is 2.00 bits per heavy atom. The second-order valence-electron chi connectivity index (χ2n) is 2.53. The molecule has 0 spiro atoms. The number of alkyl halides is 3. The lowest BCUT2D eigenvalue weighted by atomic mass is 10.4. The SMILES string of the molecule is FC(F)(F)CCNc1ccc(Cl)nn1. The largest absolute Gasteiger partial charge is 0.390 e. The fourth-order valence-corrected chi connectivity index (χ4v) is 0.843. The van der Waals surface area contributed by atoms with E-state index in [1.54, 1.807) is 0 Å². The molecule has 0 saturated carbocycles. The van der Waals surface area contributed by atoms with E-state index in [1.807, 2.05) is 0 Å². The monoisotopic (exact) mass is 225 g/mol. The Kier molecular flexibility index (Phi) is 3.51. The molecule has 0 aromatic carbocycles. The van der Waals surface area contributed by atoms with Crippen LogP contribution in [0.5, 0.6) is 0 Å². The quantitative estimate of drug-likeness (QED) is 0.859. The maximum absolute atomic E-state index is 11.7. The van der Waals surface area contributed by atoms with E-state index in [4.69, 9.17) is 11.6 Å². The molecule has 0 aliphatic carbocycles. The molecule has 0 aliphatic rings. The summed E-state index contributed by atoms with van der Waals surface area (Å²) >= 11 is 5.44. The molecular weight excluding hydrogens is 219 g/mol. The summed E-state index contributed by atoms with van der Waals surface area (Å²) < 4.78 is 35.2. The second-order valence-corrected chi connectivity index (χ2v) is 2.92. The lowest BCUT2D eigenvalue weighted by Crippen LogP contribution is -2.15. The van der Waals surface area contributed by atoms with Gasteiger partial charge in [0.25, 0.3) is 0 Å². The van der Waals surface area contributed by atoms with Crippen molar-refractivity contribution in [2.75, 3.05) is 11.9 Å². The van der Waals surface area contributed by atoms with Crippen LogP contribution in [0.4, 0.5) is 19.0 Å². The topological polar surface area (TPSA) is 37.8 Å². The number of nitrogens with one attached hydrogen (secondary N) is 1. The lowest BCUT2D eigenvalue weighted by Gasteiger charge is -2.07. The van der Waals surface area contributed by atoms with Gasteiger partial charge in [-0.15, -0.1) is 10.2 Å². The van der Waals surface area contributed by atoms with Crippen LogP contribution in [0, 0.1) is 0 Å². The van der Waals surface area contributed by atoms with Crippen LogP contribution in [0.3, 0.4) is 0 Å². The fraction of sp³-hybridized carbons (Fsp3) is 0.429. The van der Waals surface area contributed by atoms with Gasteiger partial charge in [0, 0.05) is 6.54 Å². The summed E-state index contributed by atoms with van der Waals surface area (Å²) in [5.41, 5.74) is 0. The van der Waals surface area contributed by atoms with Crippen molar-refractivity contribution >= 4 is 17.4 Å². The molecule has 7 heteroatoms. The fourth-order valence-electron chi connectivity index (χ4n) is 0.743. The number of aromatic nitrogens is 2. The van der Waals surface area contributed by atoms with Crippen LogP contribution in [0.1, 0.15) is 6.42 Å². The molecule has 1 aromatic heterocycles. The van der Waals surface area contributed by atoms with Gasteiger partial charge in [-0.1, -0.05) is 11.6 Å². The van der Waals surface area contributed by atoms with Gasteiger partial charge in [0.05, 0.1) is 6.42 Å². The summed E-state index contributed by atoms with van der Waals surface area (Å²) in [7, 11) is 0. The number of halogens is 4. The molecular formula is C7H7ClF3N3. The van der Waals surface area contributed by atoms with E-state index in [1.165, 1.54) is 12.1 Å². The van der Waals surface area contributed by atoms with E-state index < -0.39 is 12.6 Å². The molecule has 0 bridgehead atoms. The van der Waals surface area contributed by atoms with Gasteiger partial charge in [-0.3, -0.25) is 0 Å². The van der Waals surface area contributed by atoms with E-state index in [0.29, 0.717) is 0 Å². The first kappa shape index (κ1) is 11.0. The van der Waals surface area contributed by atoms with Gasteiger partial charge < -0.3 is 5.32 Å². The van der Waals surface area contributed by atoms with E-state index >= 15 is 0 Å². The molecule has 0 unspecified atom stereocenters. The maximum atomic E-state index is 11.7. The van der Waals surface area contributed by atoms with Gasteiger partial charge in [-0.25, -0.2) is 0 Å². The Labute approximate surface area is 83.3 Å². The number of anilines is 1. The van der Waals surface area contributed by atoms with Gasteiger partial charge in [0.2, 0.25) is 0 Å². The molecule has 0 aliphatic heterocycles. The van der Waals surface area contributed by atoms with Crippen molar-refractivity contribution < 1.29 is 13.2 Å². The molecule has 0 saturated heterocycles. The highest BCUT2D eigenvalue weighted by Gasteiger charge is 2.26. The average molecular weight is 226 g/mol. The minimum Gasteiger partial charge on any atom is -0.368 e. The molecule has 1 heterocycles. The molecule has 0 fully saturated rings. The van der Waals surface area contributed by atoms with Crippen molar-refractivity contribution in [3.63, 3.8) is 0 Å². The summed E-state index contributed by atoms with van der Waals surface area (Å²) in [4.78, 5) is 0. The summed E-state index contributed by atoms with van der Waals surface area (Å²) in [6.45, 7) is -0.222. The number of hydrogen-bond donors (Lipinski definition) is 1. The molecule has 1 rings (SSSR count). The molecule has 78 valence electrons. The highest BCUT2D eigenvalue weighted by Crippen LogP contribution is 2.19. The van der Waals surface area contributed by atoms with Crippen LogP contribution in [0.15, 0.2) is 12.1 Å². The van der Waals surface area contributed by atoms with Crippen molar-refractivity contribution in [2.24, 2.45) is 0 Å². The molecule has 1 aromatic rings. The van der Waals surface area contributed by atoms with Gasteiger partial charge in [0.15, 0.2) is 5.15 Å². The first-order chi connectivity index (χ1) is 6.47. The lowest BCUT2D eigenvalue weighted by molar-refractivity contribution is -0.131. The van der Waals surface area contributed by atoms with Crippen molar-refractivity contribution in [1.29, 1.82) is 0 Å². The van der Waals surface area contributed by atoms with Gasteiger partial charge in [-0.05, 0) is 12.1 Å². The van der Waals surface area contributed by atoms with E-state index in [2.05, 4.69) is 15.5 Å². The molecule has 14 heavy (non-hydrogen) atoms. The minimum atomic E-state index is -4.16. The first-order valence-electron chi connectivity index (χ1n) is 3.77. The van der Waals surface area contributed by atoms with Crippen LogP contribution >= 0.6 is 11.6 Å². The van der Waals surface area contributed by atoms with Crippen LogP contribution in [0.25, 0.3) is 0 Å². The zero-order valence-electron chi connectivity index (χ0n) is 6.98. The predicted octanol–water partition coefficient (Wildman–Crippen LogP) is 2.49. The smallest absolute Gasteiger partial charge is 0.368 e. The van der Waals surface area contributed by atoms with Gasteiger partial charge in [0.1, 0.15) is 5.82 Å². The van der Waals surface area contributed by atoms with Crippen molar-refractivity contribution in [3.8, 4) is 0 Å². The van der Waals surface area contributed by atoms with Crippen molar-refractivity contribution in [2.45, 2.75) is 12.6 Å². The zero-order chi connectivity index (χ0) is 10.6. The Hall–Kier alpha value is -1.04. The van der Waals surface area contributed by atoms with E-state index in [9.17, 15) is 13.2 Å². The van der Waals surface area contributed by atoms with Crippen LogP contribution in [0.2, 0.25) is 5.15 Å². The van der Waals surface area contributed by atoms with Crippen LogP contribution in [-0.2, 0) is 0 Å². The van der Waals surface area contributed by atoms with Crippen molar-refractivity contribution in [1.82, 2.24) is 10.2 Å². The Morgan fingerprint density at radius 1 is 1.29 bits per heavy atom. The molecule has 3 nitrogen and oxygen atoms in total. The third-order valence-electron chi connectivity index (χ3n) is 1.35. The second kappa shape index (κ2) is 4.45. The van der Waals surface area contributed by atoms with E-state index in [-0.39, 0.29) is 17.5 Å².